The van der Waals surface area contributed by atoms with Crippen molar-refractivity contribution in [3.05, 3.63) is 0 Å². The van der Waals surface area contributed by atoms with Gasteiger partial charge < -0.3 is 20.1 Å². The molecule has 0 radical (unpaired) electrons. The molecule has 2 fully saturated rings. The Morgan fingerprint density at radius 2 is 2.35 bits per heavy atom. The summed E-state index contributed by atoms with van der Waals surface area (Å²) in [5, 5.41) is 0. The Labute approximate surface area is 103 Å². The predicted octanol–water partition coefficient (Wildman–Crippen LogP) is 0.591. The van der Waals surface area contributed by atoms with Crippen molar-refractivity contribution in [3.8, 4) is 0 Å². The van der Waals surface area contributed by atoms with Crippen LogP contribution in [0.4, 0.5) is 0 Å². The highest BCUT2D eigenvalue weighted by Gasteiger charge is 2.29. The van der Waals surface area contributed by atoms with Crippen LogP contribution in [-0.4, -0.2) is 55.4 Å². The van der Waals surface area contributed by atoms with Crippen molar-refractivity contribution in [1.29, 1.82) is 0 Å². The number of rotatable bonds is 2. The fraction of sp³-hybridized carbons (Fsp3) is 0.917. The van der Waals surface area contributed by atoms with Crippen molar-refractivity contribution in [2.24, 2.45) is 10.7 Å². The number of nitrogens with zero attached hydrogens (tertiary/aromatic N) is 2. The van der Waals surface area contributed by atoms with Gasteiger partial charge in [0.2, 0.25) is 0 Å². The zero-order valence-electron chi connectivity index (χ0n) is 10.8. The molecule has 2 heterocycles. The molecule has 0 spiro atoms. The minimum Gasteiger partial charge on any atom is -0.375 e. The van der Waals surface area contributed by atoms with Crippen LogP contribution in [-0.2, 0) is 9.47 Å². The first-order chi connectivity index (χ1) is 8.09. The summed E-state index contributed by atoms with van der Waals surface area (Å²) in [5.74, 6) is 0.622. The molecule has 2 atom stereocenters. The molecular weight excluding hydrogens is 218 g/mol. The lowest BCUT2D eigenvalue weighted by atomic mass is 10.0. The predicted molar refractivity (Wildman–Crippen MR) is 67.1 cm³/mol. The molecule has 0 bridgehead atoms. The Hall–Kier alpha value is -0.810. The smallest absolute Gasteiger partial charge is 0.191 e. The lowest BCUT2D eigenvalue weighted by Gasteiger charge is -2.32. The first kappa shape index (κ1) is 12.6. The standard InChI is InChI=1S/C12H23N3O2/c1-10-8-15(5-7-16-10)11(13)14-9-12(2)4-3-6-17-12/h10H,3-9H2,1-2H3,(H2,13,14). The molecule has 5 nitrogen and oxygen atoms in total. The topological polar surface area (TPSA) is 60.1 Å². The zero-order valence-corrected chi connectivity index (χ0v) is 10.8. The van der Waals surface area contributed by atoms with E-state index in [2.05, 4.69) is 23.7 Å². The number of aliphatic imine (C=N–C) groups is 1. The van der Waals surface area contributed by atoms with Crippen LogP contribution in [0.2, 0.25) is 0 Å². The average molecular weight is 241 g/mol. The van der Waals surface area contributed by atoms with Crippen molar-refractivity contribution < 1.29 is 9.47 Å². The normalized spacial score (nSPS) is 35.3. The lowest BCUT2D eigenvalue weighted by Crippen LogP contribution is -2.48. The molecule has 2 aliphatic rings. The molecule has 98 valence electrons. The summed E-state index contributed by atoms with van der Waals surface area (Å²) in [4.78, 5) is 6.57. The number of hydrogen-bond acceptors (Lipinski definition) is 3. The Morgan fingerprint density at radius 3 is 3.00 bits per heavy atom. The molecule has 0 aromatic heterocycles. The van der Waals surface area contributed by atoms with Gasteiger partial charge in [-0.05, 0) is 26.7 Å². The summed E-state index contributed by atoms with van der Waals surface area (Å²) >= 11 is 0. The summed E-state index contributed by atoms with van der Waals surface area (Å²) in [5.41, 5.74) is 5.90. The quantitative estimate of drug-likeness (QED) is 0.568. The van der Waals surface area contributed by atoms with E-state index in [0.29, 0.717) is 12.5 Å². The molecule has 0 saturated carbocycles. The van der Waals surface area contributed by atoms with Gasteiger partial charge in [0, 0.05) is 19.7 Å². The monoisotopic (exact) mass is 241 g/mol. The molecule has 2 aliphatic heterocycles. The van der Waals surface area contributed by atoms with E-state index in [1.54, 1.807) is 0 Å². The van der Waals surface area contributed by atoms with Gasteiger partial charge in [0.05, 0.1) is 24.9 Å². The molecule has 17 heavy (non-hydrogen) atoms. The fourth-order valence-electron chi connectivity index (χ4n) is 2.34. The van der Waals surface area contributed by atoms with Crippen molar-refractivity contribution in [2.75, 3.05) is 32.8 Å². The molecular formula is C12H23N3O2. The second-order valence-electron chi connectivity index (χ2n) is 5.20. The van der Waals surface area contributed by atoms with Crippen LogP contribution in [0.15, 0.2) is 4.99 Å². The van der Waals surface area contributed by atoms with Gasteiger partial charge >= 0.3 is 0 Å². The summed E-state index contributed by atoms with van der Waals surface area (Å²) in [6.07, 6.45) is 2.43. The van der Waals surface area contributed by atoms with E-state index in [0.717, 1.165) is 39.1 Å². The van der Waals surface area contributed by atoms with Crippen LogP contribution in [0.3, 0.4) is 0 Å². The van der Waals surface area contributed by atoms with E-state index >= 15 is 0 Å². The van der Waals surface area contributed by atoms with Crippen molar-refractivity contribution in [2.45, 2.75) is 38.4 Å². The molecule has 2 unspecified atom stereocenters. The summed E-state index contributed by atoms with van der Waals surface area (Å²) < 4.78 is 11.2. The number of morpholine rings is 1. The third kappa shape index (κ3) is 3.33. The Bertz CT molecular complexity index is 287. The summed E-state index contributed by atoms with van der Waals surface area (Å²) in [7, 11) is 0. The van der Waals surface area contributed by atoms with Crippen molar-refractivity contribution in [3.63, 3.8) is 0 Å². The number of hydrogen-bond donors (Lipinski definition) is 1. The SMILES string of the molecule is CC1CN(C(N)=NCC2(C)CCCO2)CCO1. The Balaban J connectivity index is 1.87. The highest BCUT2D eigenvalue weighted by atomic mass is 16.5. The molecule has 2 rings (SSSR count). The molecule has 2 saturated heterocycles. The molecule has 0 amide bonds. The Kier molecular flexibility index (Phi) is 3.89. The number of nitrogens with two attached hydrogens (primary N) is 1. The largest absolute Gasteiger partial charge is 0.375 e. The molecule has 0 aromatic carbocycles. The maximum atomic E-state index is 6.01. The van der Waals surface area contributed by atoms with E-state index in [-0.39, 0.29) is 11.7 Å². The van der Waals surface area contributed by atoms with E-state index in [1.807, 2.05) is 0 Å². The van der Waals surface area contributed by atoms with Gasteiger partial charge in [0.25, 0.3) is 0 Å². The molecule has 5 heteroatoms. The number of ether oxygens (including phenoxy) is 2. The van der Waals surface area contributed by atoms with Crippen LogP contribution >= 0.6 is 0 Å². The average Bonchev–Trinajstić information content (AvgIpc) is 2.74. The second kappa shape index (κ2) is 5.23. The zero-order chi connectivity index (χ0) is 12.3. The molecule has 0 aliphatic carbocycles. The van der Waals surface area contributed by atoms with Gasteiger partial charge in [-0.3, -0.25) is 4.99 Å². The highest BCUT2D eigenvalue weighted by Crippen LogP contribution is 2.25. The third-order valence-corrected chi connectivity index (χ3v) is 3.44. The van der Waals surface area contributed by atoms with Gasteiger partial charge in [-0.25, -0.2) is 0 Å². The molecule has 0 aromatic rings. The minimum absolute atomic E-state index is 0.109. The molecule has 2 N–H and O–H groups in total. The Morgan fingerprint density at radius 1 is 1.53 bits per heavy atom. The second-order valence-corrected chi connectivity index (χ2v) is 5.20. The van der Waals surface area contributed by atoms with Crippen LogP contribution in [0.1, 0.15) is 26.7 Å². The summed E-state index contributed by atoms with van der Waals surface area (Å²) in [6, 6.07) is 0. The number of guanidine groups is 1. The van der Waals surface area contributed by atoms with E-state index in [4.69, 9.17) is 15.2 Å². The van der Waals surface area contributed by atoms with Gasteiger partial charge in [-0.15, -0.1) is 0 Å². The van der Waals surface area contributed by atoms with Crippen LogP contribution in [0, 0.1) is 0 Å². The van der Waals surface area contributed by atoms with E-state index in [1.165, 1.54) is 0 Å². The maximum Gasteiger partial charge on any atom is 0.191 e. The van der Waals surface area contributed by atoms with Crippen molar-refractivity contribution >= 4 is 5.96 Å². The van der Waals surface area contributed by atoms with E-state index in [9.17, 15) is 0 Å². The van der Waals surface area contributed by atoms with Gasteiger partial charge in [0.1, 0.15) is 0 Å². The first-order valence-corrected chi connectivity index (χ1v) is 6.39. The van der Waals surface area contributed by atoms with Crippen LogP contribution in [0.5, 0.6) is 0 Å². The van der Waals surface area contributed by atoms with Crippen LogP contribution in [0.25, 0.3) is 0 Å². The highest BCUT2D eigenvalue weighted by molar-refractivity contribution is 5.78. The fourth-order valence-corrected chi connectivity index (χ4v) is 2.34. The van der Waals surface area contributed by atoms with Crippen molar-refractivity contribution in [1.82, 2.24) is 4.90 Å². The summed E-state index contributed by atoms with van der Waals surface area (Å²) in [6.45, 7) is 8.06. The third-order valence-electron chi connectivity index (χ3n) is 3.44. The van der Waals surface area contributed by atoms with Gasteiger partial charge in [-0.1, -0.05) is 0 Å². The lowest BCUT2D eigenvalue weighted by molar-refractivity contribution is 0.00457. The minimum atomic E-state index is -0.109. The van der Waals surface area contributed by atoms with E-state index < -0.39 is 0 Å². The first-order valence-electron chi connectivity index (χ1n) is 6.39. The maximum absolute atomic E-state index is 6.01. The van der Waals surface area contributed by atoms with Gasteiger partial charge in [0.15, 0.2) is 5.96 Å². The van der Waals surface area contributed by atoms with Gasteiger partial charge in [-0.2, -0.15) is 0 Å². The van der Waals surface area contributed by atoms with Crippen LogP contribution < -0.4 is 5.73 Å².